The zero-order valence-corrected chi connectivity index (χ0v) is 28.1. The standard InChI is InChI=1S/C34H43N5O3S2/c1-7-17-38(5)21-30-35-19-28(43-30)26-13-9-24(10-14-26)25-11-15-27(16-12-25)29-20-36-31(44-29)22-39(18-8-2)33(40)32(23(3)4)37-34(41)42-6/h9-16,19-20,23,32H,7-8,17-18,21-22H2,1-6H3,(H,37,41). The van der Waals surface area contributed by atoms with Gasteiger partial charge in [-0.2, -0.15) is 0 Å². The lowest BCUT2D eigenvalue weighted by Crippen LogP contribution is -2.51. The molecule has 0 aliphatic heterocycles. The first-order valence-electron chi connectivity index (χ1n) is 15.1. The number of aromatic nitrogens is 2. The highest BCUT2D eigenvalue weighted by Gasteiger charge is 2.29. The first kappa shape index (κ1) is 33.3. The third-order valence-corrected chi connectivity index (χ3v) is 9.37. The van der Waals surface area contributed by atoms with Gasteiger partial charge in [-0.3, -0.25) is 9.69 Å². The van der Waals surface area contributed by atoms with Gasteiger partial charge in [-0.15, -0.1) is 22.7 Å². The van der Waals surface area contributed by atoms with Crippen LogP contribution in [0.3, 0.4) is 0 Å². The zero-order chi connectivity index (χ0) is 31.6. The number of hydrogen-bond acceptors (Lipinski definition) is 8. The van der Waals surface area contributed by atoms with Crippen molar-refractivity contribution < 1.29 is 14.3 Å². The van der Waals surface area contributed by atoms with E-state index in [-0.39, 0.29) is 11.8 Å². The smallest absolute Gasteiger partial charge is 0.407 e. The van der Waals surface area contributed by atoms with Crippen LogP contribution in [0.25, 0.3) is 32.0 Å². The summed E-state index contributed by atoms with van der Waals surface area (Å²) in [5.41, 5.74) is 4.57. The first-order valence-corrected chi connectivity index (χ1v) is 16.8. The van der Waals surface area contributed by atoms with E-state index in [1.165, 1.54) is 17.6 Å². The van der Waals surface area contributed by atoms with Crippen LogP contribution < -0.4 is 5.32 Å². The number of carbonyl (C=O) groups excluding carboxylic acids is 2. The second-order valence-electron chi connectivity index (χ2n) is 11.2. The van der Waals surface area contributed by atoms with Gasteiger partial charge in [0, 0.05) is 18.9 Å². The van der Waals surface area contributed by atoms with Gasteiger partial charge in [-0.1, -0.05) is 76.2 Å². The number of nitrogens with one attached hydrogen (secondary N) is 1. The summed E-state index contributed by atoms with van der Waals surface area (Å²) in [6, 6.07) is 16.5. The molecule has 1 atom stereocenters. The molecule has 4 rings (SSSR count). The number of hydrogen-bond donors (Lipinski definition) is 1. The summed E-state index contributed by atoms with van der Waals surface area (Å²) in [6.45, 7) is 11.0. The Morgan fingerprint density at radius 2 is 1.27 bits per heavy atom. The Labute approximate surface area is 269 Å². The van der Waals surface area contributed by atoms with Crippen LogP contribution in [0, 0.1) is 5.92 Å². The molecular weight excluding hydrogens is 591 g/mol. The highest BCUT2D eigenvalue weighted by molar-refractivity contribution is 7.15. The Hall–Kier alpha value is -3.60. The molecule has 2 amide bonds. The quantitative estimate of drug-likeness (QED) is 0.154. The first-order chi connectivity index (χ1) is 21.2. The van der Waals surface area contributed by atoms with E-state index < -0.39 is 12.1 Å². The lowest BCUT2D eigenvalue weighted by molar-refractivity contribution is -0.135. The van der Waals surface area contributed by atoms with Crippen molar-refractivity contribution in [1.82, 2.24) is 25.1 Å². The van der Waals surface area contributed by atoms with Crippen LogP contribution in [0.1, 0.15) is 50.6 Å². The van der Waals surface area contributed by atoms with Crippen LogP contribution in [0.15, 0.2) is 60.9 Å². The molecule has 0 radical (unpaired) electrons. The third kappa shape index (κ3) is 8.74. The van der Waals surface area contributed by atoms with E-state index in [1.54, 1.807) is 27.6 Å². The lowest BCUT2D eigenvalue weighted by atomic mass is 10.0. The Morgan fingerprint density at radius 3 is 1.73 bits per heavy atom. The SMILES string of the molecule is CCCN(C)Cc1ncc(-c2ccc(-c3ccc(-c4cnc(CN(CCC)C(=O)C(NC(=O)OC)C(C)C)s4)cc3)cc2)s1. The fourth-order valence-corrected chi connectivity index (χ4v) is 6.92. The van der Waals surface area contributed by atoms with Crippen molar-refractivity contribution in [2.75, 3.05) is 27.2 Å². The highest BCUT2D eigenvalue weighted by atomic mass is 32.1. The summed E-state index contributed by atoms with van der Waals surface area (Å²) in [7, 11) is 3.44. The van der Waals surface area contributed by atoms with E-state index in [9.17, 15) is 9.59 Å². The van der Waals surface area contributed by atoms with Crippen molar-refractivity contribution in [1.29, 1.82) is 0 Å². The maximum absolute atomic E-state index is 13.4. The molecule has 2 heterocycles. The van der Waals surface area contributed by atoms with E-state index >= 15 is 0 Å². The number of thiazole rings is 2. The Morgan fingerprint density at radius 1 is 0.795 bits per heavy atom. The third-order valence-electron chi connectivity index (χ3n) is 7.31. The number of nitrogens with zero attached hydrogens (tertiary/aromatic N) is 4. The topological polar surface area (TPSA) is 87.7 Å². The van der Waals surface area contributed by atoms with Crippen molar-refractivity contribution in [3.8, 4) is 32.0 Å². The second-order valence-corrected chi connectivity index (χ2v) is 13.5. The summed E-state index contributed by atoms with van der Waals surface area (Å²) in [5, 5.41) is 4.68. The van der Waals surface area contributed by atoms with Crippen molar-refractivity contribution in [2.45, 2.75) is 59.7 Å². The van der Waals surface area contributed by atoms with Gasteiger partial charge in [-0.05, 0) is 54.6 Å². The van der Waals surface area contributed by atoms with E-state index in [0.717, 1.165) is 57.5 Å². The predicted molar refractivity (Wildman–Crippen MR) is 181 cm³/mol. The summed E-state index contributed by atoms with van der Waals surface area (Å²) in [5.74, 6) is -0.208. The van der Waals surface area contributed by atoms with Crippen molar-refractivity contribution in [2.24, 2.45) is 5.92 Å². The average molecular weight is 634 g/mol. The van der Waals surface area contributed by atoms with Gasteiger partial charge in [0.2, 0.25) is 5.91 Å². The van der Waals surface area contributed by atoms with Gasteiger partial charge in [0.05, 0.1) is 30.0 Å². The number of alkyl carbamates (subject to hydrolysis) is 1. The molecule has 0 aliphatic rings. The number of amides is 2. The molecule has 0 saturated heterocycles. The van der Waals surface area contributed by atoms with Gasteiger partial charge in [0.25, 0.3) is 0 Å². The molecule has 1 N–H and O–H groups in total. The summed E-state index contributed by atoms with van der Waals surface area (Å²) >= 11 is 3.34. The molecule has 234 valence electrons. The Kier molecular flexibility index (Phi) is 12.1. The minimum atomic E-state index is -0.660. The molecule has 0 aliphatic carbocycles. The fraction of sp³-hybridized carbons (Fsp3) is 0.412. The largest absolute Gasteiger partial charge is 0.453 e. The van der Waals surface area contributed by atoms with Gasteiger partial charge in [0.1, 0.15) is 16.1 Å². The molecule has 8 nitrogen and oxygen atoms in total. The molecular formula is C34H43N5O3S2. The molecule has 2 aromatic heterocycles. The van der Waals surface area contributed by atoms with E-state index in [0.29, 0.717) is 13.1 Å². The van der Waals surface area contributed by atoms with Crippen molar-refractivity contribution in [3.05, 3.63) is 70.9 Å². The molecule has 1 unspecified atom stereocenters. The number of methoxy groups -OCH3 is 1. The summed E-state index contributed by atoms with van der Waals surface area (Å²) < 4.78 is 4.73. The maximum Gasteiger partial charge on any atom is 0.407 e. The molecule has 44 heavy (non-hydrogen) atoms. The molecule has 0 spiro atoms. The summed E-state index contributed by atoms with van der Waals surface area (Å²) in [6.07, 6.45) is 5.18. The van der Waals surface area contributed by atoms with E-state index in [2.05, 4.69) is 82.7 Å². The molecule has 0 saturated carbocycles. The number of ether oxygens (including phenoxy) is 1. The van der Waals surface area contributed by atoms with Crippen LogP contribution >= 0.6 is 22.7 Å². The average Bonchev–Trinajstić information content (AvgIpc) is 3.69. The highest BCUT2D eigenvalue weighted by Crippen LogP contribution is 2.32. The van der Waals surface area contributed by atoms with E-state index in [4.69, 9.17) is 4.74 Å². The van der Waals surface area contributed by atoms with Gasteiger partial charge in [0.15, 0.2) is 0 Å². The monoisotopic (exact) mass is 633 g/mol. The molecule has 10 heteroatoms. The number of rotatable bonds is 14. The lowest BCUT2D eigenvalue weighted by Gasteiger charge is -2.28. The molecule has 0 fully saturated rings. The van der Waals surface area contributed by atoms with Crippen LogP contribution in [-0.2, 0) is 22.6 Å². The minimum absolute atomic E-state index is 0.0781. The normalized spacial score (nSPS) is 12.0. The maximum atomic E-state index is 13.4. The van der Waals surface area contributed by atoms with Crippen LogP contribution in [0.4, 0.5) is 4.79 Å². The van der Waals surface area contributed by atoms with E-state index in [1.807, 2.05) is 33.2 Å². The second kappa shape index (κ2) is 15.9. The molecule has 4 aromatic rings. The van der Waals surface area contributed by atoms with Gasteiger partial charge < -0.3 is 15.0 Å². The Balaban J connectivity index is 1.41. The van der Waals surface area contributed by atoms with Crippen molar-refractivity contribution >= 4 is 34.7 Å². The number of benzene rings is 2. The molecule has 0 bridgehead atoms. The van der Waals surface area contributed by atoms with Gasteiger partial charge in [-0.25, -0.2) is 14.8 Å². The van der Waals surface area contributed by atoms with Crippen LogP contribution in [-0.4, -0.2) is 65.1 Å². The zero-order valence-electron chi connectivity index (χ0n) is 26.5. The Bertz CT molecular complexity index is 1500. The molecule has 2 aromatic carbocycles. The fourth-order valence-electron chi connectivity index (χ4n) is 4.98. The van der Waals surface area contributed by atoms with Gasteiger partial charge >= 0.3 is 6.09 Å². The van der Waals surface area contributed by atoms with Crippen LogP contribution in [0.2, 0.25) is 0 Å². The van der Waals surface area contributed by atoms with Crippen molar-refractivity contribution in [3.63, 3.8) is 0 Å². The summed E-state index contributed by atoms with van der Waals surface area (Å²) in [4.78, 5) is 40.8. The minimum Gasteiger partial charge on any atom is -0.453 e. The van der Waals surface area contributed by atoms with Crippen LogP contribution in [0.5, 0.6) is 0 Å². The predicted octanol–water partition coefficient (Wildman–Crippen LogP) is 7.56. The number of carbonyl (C=O) groups is 2.